The van der Waals surface area contributed by atoms with Crippen LogP contribution in [0.15, 0.2) is 30.5 Å². The van der Waals surface area contributed by atoms with Crippen LogP contribution < -0.4 is 10.5 Å². The highest BCUT2D eigenvalue weighted by Crippen LogP contribution is 2.29. The Labute approximate surface area is 151 Å². The van der Waals surface area contributed by atoms with Gasteiger partial charge in [0.15, 0.2) is 0 Å². The van der Waals surface area contributed by atoms with Crippen LogP contribution in [0.4, 0.5) is 13.2 Å². The van der Waals surface area contributed by atoms with Gasteiger partial charge in [-0.15, -0.1) is 0 Å². The van der Waals surface area contributed by atoms with Gasteiger partial charge in [-0.1, -0.05) is 13.8 Å². The Morgan fingerprint density at radius 1 is 1.19 bits per heavy atom. The number of hydrogen-bond acceptors (Lipinski definition) is 4. The molecule has 0 spiro atoms. The summed E-state index contributed by atoms with van der Waals surface area (Å²) in [6.07, 6.45) is -2.64. The number of aromatic nitrogens is 2. The first-order valence-corrected chi connectivity index (χ1v) is 8.41. The highest BCUT2D eigenvalue weighted by molar-refractivity contribution is 5.61. The number of benzene rings is 1. The van der Waals surface area contributed by atoms with Crippen molar-refractivity contribution in [3.63, 3.8) is 0 Å². The Bertz CT molecular complexity index is 758. The summed E-state index contributed by atoms with van der Waals surface area (Å²) in [4.78, 5) is 6.89. The van der Waals surface area contributed by atoms with Gasteiger partial charge < -0.3 is 10.5 Å². The van der Waals surface area contributed by atoms with Gasteiger partial charge in [0.1, 0.15) is 12.4 Å². The molecule has 1 unspecified atom stereocenters. The Morgan fingerprint density at radius 2 is 1.88 bits per heavy atom. The van der Waals surface area contributed by atoms with Gasteiger partial charge in [0.05, 0.1) is 5.69 Å². The molecule has 142 valence electrons. The summed E-state index contributed by atoms with van der Waals surface area (Å²) in [7, 11) is 0. The first-order chi connectivity index (χ1) is 12.0. The molecule has 2 aromatic rings. The Hall–Kier alpha value is -2.15. The first-order valence-electron chi connectivity index (χ1n) is 8.41. The lowest BCUT2D eigenvalue weighted by molar-refractivity contribution is -0.144. The van der Waals surface area contributed by atoms with Crippen LogP contribution in [0.1, 0.15) is 38.6 Å². The molecule has 4 nitrogen and oxygen atoms in total. The van der Waals surface area contributed by atoms with Crippen molar-refractivity contribution >= 4 is 0 Å². The molecule has 2 N–H and O–H groups in total. The lowest BCUT2D eigenvalue weighted by Gasteiger charge is -2.27. The lowest BCUT2D eigenvalue weighted by Crippen LogP contribution is -2.43. The number of ether oxygens (including phenoxy) is 1. The molecular weight excluding hydrogens is 343 g/mol. The Morgan fingerprint density at radius 3 is 2.46 bits per heavy atom. The van der Waals surface area contributed by atoms with Crippen molar-refractivity contribution in [2.75, 3.05) is 6.61 Å². The van der Waals surface area contributed by atoms with E-state index in [2.05, 4.69) is 23.8 Å². The zero-order chi connectivity index (χ0) is 19.5. The highest BCUT2D eigenvalue weighted by Gasteiger charge is 2.34. The fraction of sp³-hybridized carbons (Fsp3) is 0.474. The number of aryl methyl sites for hydroxylation is 1. The minimum atomic E-state index is -4.57. The Kier molecular flexibility index (Phi) is 5.91. The normalized spacial score (nSPS) is 14.3. The second kappa shape index (κ2) is 7.61. The molecule has 0 aliphatic heterocycles. The molecule has 1 heterocycles. The number of rotatable bonds is 6. The number of alkyl halides is 3. The topological polar surface area (TPSA) is 61.0 Å². The second-order valence-corrected chi connectivity index (χ2v) is 7.28. The molecule has 0 aliphatic carbocycles. The van der Waals surface area contributed by atoms with Crippen molar-refractivity contribution in [3.8, 4) is 17.0 Å². The van der Waals surface area contributed by atoms with Gasteiger partial charge in [0.2, 0.25) is 5.82 Å². The first kappa shape index (κ1) is 20.2. The van der Waals surface area contributed by atoms with E-state index in [4.69, 9.17) is 10.5 Å². The van der Waals surface area contributed by atoms with Crippen molar-refractivity contribution in [2.45, 2.75) is 45.8 Å². The molecular formula is C19H24F3N3O. The smallest absolute Gasteiger partial charge is 0.451 e. The monoisotopic (exact) mass is 367 g/mol. The van der Waals surface area contributed by atoms with E-state index < -0.39 is 17.5 Å². The summed E-state index contributed by atoms with van der Waals surface area (Å²) in [5, 5.41) is 0. The predicted octanol–water partition coefficient (Wildman–Crippen LogP) is 4.61. The summed E-state index contributed by atoms with van der Waals surface area (Å²) in [6, 6.07) is 6.60. The highest BCUT2D eigenvalue weighted by atomic mass is 19.4. The molecule has 2 rings (SSSR count). The third kappa shape index (κ3) is 5.42. The standard InChI is InChI=1S/C19H24F3N3O/c1-12(2)10-18(4,23)11-26-16-6-5-14(9-13(16)3)15-7-8-24-17(25-15)19(20,21)22/h5-9,12H,10-11,23H2,1-4H3. The van der Waals surface area contributed by atoms with Gasteiger partial charge in [-0.2, -0.15) is 13.2 Å². The molecule has 0 aliphatic rings. The third-order valence-electron chi connectivity index (χ3n) is 3.81. The van der Waals surface area contributed by atoms with Crippen molar-refractivity contribution in [1.82, 2.24) is 9.97 Å². The number of nitrogens with two attached hydrogens (primary N) is 1. The minimum Gasteiger partial charge on any atom is -0.491 e. The minimum absolute atomic E-state index is 0.213. The van der Waals surface area contributed by atoms with Gasteiger partial charge in [-0.05, 0) is 56.0 Å². The number of halogens is 3. The van der Waals surface area contributed by atoms with E-state index in [1.165, 1.54) is 6.07 Å². The fourth-order valence-electron chi connectivity index (χ4n) is 2.86. The van der Waals surface area contributed by atoms with Crippen molar-refractivity contribution in [1.29, 1.82) is 0 Å². The molecule has 26 heavy (non-hydrogen) atoms. The maximum absolute atomic E-state index is 12.8. The van der Waals surface area contributed by atoms with Crippen molar-refractivity contribution in [3.05, 3.63) is 41.9 Å². The van der Waals surface area contributed by atoms with E-state index in [0.717, 1.165) is 18.2 Å². The number of hydrogen-bond donors (Lipinski definition) is 1. The van der Waals surface area contributed by atoms with Gasteiger partial charge in [-0.25, -0.2) is 9.97 Å². The molecule has 0 radical (unpaired) electrons. The number of nitrogens with zero attached hydrogens (tertiary/aromatic N) is 2. The van der Waals surface area contributed by atoms with E-state index in [1.54, 1.807) is 18.2 Å². The molecule has 1 aromatic carbocycles. The lowest BCUT2D eigenvalue weighted by atomic mass is 9.93. The molecule has 0 fully saturated rings. The molecule has 0 bridgehead atoms. The van der Waals surface area contributed by atoms with Crippen LogP contribution in [0.25, 0.3) is 11.3 Å². The zero-order valence-corrected chi connectivity index (χ0v) is 15.4. The molecule has 0 saturated heterocycles. The van der Waals surface area contributed by atoms with Crippen LogP contribution in [0, 0.1) is 12.8 Å². The fourth-order valence-corrected chi connectivity index (χ4v) is 2.86. The Balaban J connectivity index is 2.17. The largest absolute Gasteiger partial charge is 0.491 e. The van der Waals surface area contributed by atoms with Crippen LogP contribution in [0.3, 0.4) is 0 Å². The summed E-state index contributed by atoms with van der Waals surface area (Å²) >= 11 is 0. The predicted molar refractivity (Wildman–Crippen MR) is 94.7 cm³/mol. The van der Waals surface area contributed by atoms with Crippen molar-refractivity contribution in [2.24, 2.45) is 11.7 Å². The SMILES string of the molecule is Cc1cc(-c2ccnc(C(F)(F)F)n2)ccc1OCC(C)(N)CC(C)C. The molecule has 7 heteroatoms. The molecule has 0 saturated carbocycles. The second-order valence-electron chi connectivity index (χ2n) is 7.28. The van der Waals surface area contributed by atoms with Crippen molar-refractivity contribution < 1.29 is 17.9 Å². The van der Waals surface area contributed by atoms with Crippen LogP contribution in [0.5, 0.6) is 5.75 Å². The van der Waals surface area contributed by atoms with Crippen LogP contribution in [-0.4, -0.2) is 22.1 Å². The maximum Gasteiger partial charge on any atom is 0.451 e. The summed E-state index contributed by atoms with van der Waals surface area (Å²) < 4.78 is 44.2. The van der Waals surface area contributed by atoms with Crippen LogP contribution in [0.2, 0.25) is 0 Å². The van der Waals surface area contributed by atoms with Gasteiger partial charge in [0, 0.05) is 17.3 Å². The molecule has 1 atom stereocenters. The van der Waals surface area contributed by atoms with Crippen LogP contribution >= 0.6 is 0 Å². The van der Waals surface area contributed by atoms with E-state index in [1.807, 2.05) is 13.8 Å². The molecule has 1 aromatic heterocycles. The average molecular weight is 367 g/mol. The van der Waals surface area contributed by atoms with Crippen LogP contribution in [-0.2, 0) is 6.18 Å². The van der Waals surface area contributed by atoms with E-state index >= 15 is 0 Å². The van der Waals surface area contributed by atoms with E-state index in [-0.39, 0.29) is 5.69 Å². The van der Waals surface area contributed by atoms with Gasteiger partial charge in [-0.3, -0.25) is 0 Å². The van der Waals surface area contributed by atoms with E-state index in [9.17, 15) is 13.2 Å². The zero-order valence-electron chi connectivity index (χ0n) is 15.4. The summed E-state index contributed by atoms with van der Waals surface area (Å²) in [6.45, 7) is 8.33. The van der Waals surface area contributed by atoms with E-state index in [0.29, 0.717) is 23.8 Å². The summed E-state index contributed by atoms with van der Waals surface area (Å²) in [5.41, 5.74) is 7.38. The summed E-state index contributed by atoms with van der Waals surface area (Å²) in [5.74, 6) is -0.0440. The van der Waals surface area contributed by atoms with Gasteiger partial charge in [0.25, 0.3) is 0 Å². The maximum atomic E-state index is 12.8. The quantitative estimate of drug-likeness (QED) is 0.810. The molecule has 0 amide bonds. The average Bonchev–Trinajstić information content (AvgIpc) is 2.52. The van der Waals surface area contributed by atoms with Gasteiger partial charge >= 0.3 is 6.18 Å². The third-order valence-corrected chi connectivity index (χ3v) is 3.81.